The van der Waals surface area contributed by atoms with Crippen molar-refractivity contribution in [2.75, 3.05) is 6.54 Å². The predicted molar refractivity (Wildman–Crippen MR) is 83.8 cm³/mol. The number of thiophene rings is 1. The Morgan fingerprint density at radius 1 is 1.35 bits per heavy atom. The van der Waals surface area contributed by atoms with E-state index in [9.17, 15) is 0 Å². The molecule has 20 heavy (non-hydrogen) atoms. The van der Waals surface area contributed by atoms with Gasteiger partial charge in [0.15, 0.2) is 5.58 Å². The zero-order valence-electron chi connectivity index (χ0n) is 10.6. The molecule has 0 saturated carbocycles. The summed E-state index contributed by atoms with van der Waals surface area (Å²) in [6.07, 6.45) is 0. The van der Waals surface area contributed by atoms with E-state index in [2.05, 4.69) is 22.9 Å². The Labute approximate surface area is 125 Å². The van der Waals surface area contributed by atoms with Crippen LogP contribution in [0, 0.1) is 11.8 Å². The lowest BCUT2D eigenvalue weighted by Gasteiger charge is -1.91. The van der Waals surface area contributed by atoms with Crippen molar-refractivity contribution in [2.24, 2.45) is 5.73 Å². The number of para-hydroxylation sites is 2. The molecule has 5 heteroatoms. The van der Waals surface area contributed by atoms with E-state index in [4.69, 9.17) is 10.2 Å². The second-order valence-corrected chi connectivity index (χ2v) is 5.97. The highest BCUT2D eigenvalue weighted by atomic mass is 32.2. The number of nitrogens with two attached hydrogens (primary N) is 1. The minimum atomic E-state index is 0.392. The van der Waals surface area contributed by atoms with Crippen molar-refractivity contribution in [1.29, 1.82) is 0 Å². The maximum Gasteiger partial charge on any atom is 0.257 e. The molecule has 3 nitrogen and oxygen atoms in total. The topological polar surface area (TPSA) is 52.0 Å². The zero-order valence-corrected chi connectivity index (χ0v) is 12.3. The van der Waals surface area contributed by atoms with Gasteiger partial charge in [-0.15, -0.1) is 11.3 Å². The SMILES string of the molecule is NCC#Cc1csc(CSc2nc3ccccc3o2)c1. The molecular weight excluding hydrogens is 288 g/mol. The third-order valence-electron chi connectivity index (χ3n) is 2.60. The molecule has 0 saturated heterocycles. The molecule has 0 amide bonds. The van der Waals surface area contributed by atoms with Crippen LogP contribution in [-0.2, 0) is 5.75 Å². The highest BCUT2D eigenvalue weighted by molar-refractivity contribution is 7.98. The number of rotatable bonds is 3. The normalized spacial score (nSPS) is 10.4. The molecular formula is C15H12N2OS2. The van der Waals surface area contributed by atoms with Crippen LogP contribution in [0.25, 0.3) is 11.1 Å². The Morgan fingerprint density at radius 3 is 3.10 bits per heavy atom. The summed E-state index contributed by atoms with van der Waals surface area (Å²) in [5.41, 5.74) is 8.11. The molecule has 0 radical (unpaired) electrons. The van der Waals surface area contributed by atoms with Gasteiger partial charge >= 0.3 is 0 Å². The number of hydrogen-bond acceptors (Lipinski definition) is 5. The molecule has 3 aromatic rings. The average Bonchev–Trinajstić information content (AvgIpc) is 3.09. The summed E-state index contributed by atoms with van der Waals surface area (Å²) < 4.78 is 5.67. The monoisotopic (exact) mass is 300 g/mol. The van der Waals surface area contributed by atoms with Crippen LogP contribution >= 0.6 is 23.1 Å². The zero-order chi connectivity index (χ0) is 13.8. The molecule has 0 atom stereocenters. The molecule has 2 N–H and O–H groups in total. The maximum atomic E-state index is 5.67. The molecule has 2 heterocycles. The quantitative estimate of drug-likeness (QED) is 0.594. The first-order chi connectivity index (χ1) is 9.85. The van der Waals surface area contributed by atoms with Gasteiger partial charge in [0, 0.05) is 21.6 Å². The van der Waals surface area contributed by atoms with Crippen LogP contribution in [0.1, 0.15) is 10.4 Å². The van der Waals surface area contributed by atoms with Gasteiger partial charge in [-0.3, -0.25) is 0 Å². The summed E-state index contributed by atoms with van der Waals surface area (Å²) in [5.74, 6) is 6.72. The lowest BCUT2D eigenvalue weighted by Crippen LogP contribution is -1.92. The van der Waals surface area contributed by atoms with Crippen molar-refractivity contribution >= 4 is 34.2 Å². The smallest absolute Gasteiger partial charge is 0.257 e. The molecule has 0 spiro atoms. The predicted octanol–water partition coefficient (Wildman–Crippen LogP) is 3.49. The van der Waals surface area contributed by atoms with Gasteiger partial charge in [-0.2, -0.15) is 0 Å². The van der Waals surface area contributed by atoms with Crippen LogP contribution in [-0.4, -0.2) is 11.5 Å². The van der Waals surface area contributed by atoms with Crippen molar-refractivity contribution in [1.82, 2.24) is 4.98 Å². The lowest BCUT2D eigenvalue weighted by atomic mass is 10.3. The average molecular weight is 300 g/mol. The fourth-order valence-electron chi connectivity index (χ4n) is 1.72. The van der Waals surface area contributed by atoms with Crippen molar-refractivity contribution < 1.29 is 4.42 Å². The Morgan fingerprint density at radius 2 is 2.25 bits per heavy atom. The molecule has 0 aliphatic rings. The summed E-state index contributed by atoms with van der Waals surface area (Å²) in [5, 5.41) is 2.75. The fraction of sp³-hybridized carbons (Fsp3) is 0.133. The summed E-state index contributed by atoms with van der Waals surface area (Å²) in [7, 11) is 0. The van der Waals surface area contributed by atoms with Gasteiger partial charge in [-0.25, -0.2) is 4.98 Å². The number of thioether (sulfide) groups is 1. The van der Waals surface area contributed by atoms with E-state index < -0.39 is 0 Å². The third-order valence-corrected chi connectivity index (χ3v) is 4.60. The van der Waals surface area contributed by atoms with Gasteiger partial charge in [-0.05, 0) is 18.2 Å². The number of nitrogens with zero attached hydrogens (tertiary/aromatic N) is 1. The first kappa shape index (κ1) is 13.3. The molecule has 0 bridgehead atoms. The van der Waals surface area contributed by atoms with Crippen molar-refractivity contribution in [3.8, 4) is 11.8 Å². The molecule has 1 aromatic carbocycles. The first-order valence-corrected chi connectivity index (χ1v) is 7.96. The molecule has 0 aliphatic heterocycles. The highest BCUT2D eigenvalue weighted by Gasteiger charge is 2.06. The van der Waals surface area contributed by atoms with Crippen LogP contribution in [0.3, 0.4) is 0 Å². The van der Waals surface area contributed by atoms with Crippen LogP contribution in [0.2, 0.25) is 0 Å². The number of aromatic nitrogens is 1. The maximum absolute atomic E-state index is 5.67. The van der Waals surface area contributed by atoms with E-state index >= 15 is 0 Å². The molecule has 0 fully saturated rings. The Kier molecular flexibility index (Phi) is 4.07. The Bertz CT molecular complexity index is 747. The lowest BCUT2D eigenvalue weighted by molar-refractivity contribution is 0.489. The highest BCUT2D eigenvalue weighted by Crippen LogP contribution is 2.28. The molecule has 100 valence electrons. The van der Waals surface area contributed by atoms with Gasteiger partial charge in [0.1, 0.15) is 5.52 Å². The van der Waals surface area contributed by atoms with Crippen molar-refractivity contribution in [2.45, 2.75) is 11.0 Å². The largest absolute Gasteiger partial charge is 0.431 e. The van der Waals surface area contributed by atoms with E-state index in [1.807, 2.05) is 29.6 Å². The minimum absolute atomic E-state index is 0.392. The van der Waals surface area contributed by atoms with Gasteiger partial charge in [0.25, 0.3) is 5.22 Å². The number of oxazole rings is 1. The Balaban J connectivity index is 1.68. The van der Waals surface area contributed by atoms with E-state index in [0.29, 0.717) is 11.8 Å². The van der Waals surface area contributed by atoms with E-state index in [0.717, 1.165) is 22.4 Å². The molecule has 3 rings (SSSR count). The second-order valence-electron chi connectivity index (χ2n) is 4.04. The second kappa shape index (κ2) is 6.14. The van der Waals surface area contributed by atoms with Gasteiger partial charge < -0.3 is 10.2 Å². The van der Waals surface area contributed by atoms with Gasteiger partial charge in [0.2, 0.25) is 0 Å². The van der Waals surface area contributed by atoms with E-state index in [-0.39, 0.29) is 0 Å². The number of fused-ring (bicyclic) bond motifs is 1. The molecule has 2 aromatic heterocycles. The summed E-state index contributed by atoms with van der Waals surface area (Å²) in [6.45, 7) is 0.392. The van der Waals surface area contributed by atoms with Crippen molar-refractivity contribution in [3.63, 3.8) is 0 Å². The van der Waals surface area contributed by atoms with E-state index in [1.165, 1.54) is 4.88 Å². The van der Waals surface area contributed by atoms with Crippen LogP contribution in [0.15, 0.2) is 45.4 Å². The Hall–Kier alpha value is -1.74. The molecule has 0 unspecified atom stereocenters. The third kappa shape index (κ3) is 3.05. The number of benzene rings is 1. The van der Waals surface area contributed by atoms with Crippen molar-refractivity contribution in [3.05, 3.63) is 46.2 Å². The van der Waals surface area contributed by atoms with Crippen LogP contribution in [0.4, 0.5) is 0 Å². The van der Waals surface area contributed by atoms with E-state index in [1.54, 1.807) is 23.1 Å². The molecule has 0 aliphatic carbocycles. The summed E-state index contributed by atoms with van der Waals surface area (Å²) in [4.78, 5) is 5.69. The minimum Gasteiger partial charge on any atom is -0.431 e. The first-order valence-electron chi connectivity index (χ1n) is 6.10. The summed E-state index contributed by atoms with van der Waals surface area (Å²) >= 11 is 3.29. The standard InChI is InChI=1S/C15H12N2OS2/c16-7-3-4-11-8-12(19-9-11)10-20-15-17-13-5-1-2-6-14(13)18-15/h1-2,5-6,8-9H,7,10,16H2. The fourth-order valence-corrected chi connectivity index (χ4v) is 3.43. The van der Waals surface area contributed by atoms with Gasteiger partial charge in [0.05, 0.1) is 6.54 Å². The number of hydrogen-bond donors (Lipinski definition) is 1. The summed E-state index contributed by atoms with van der Waals surface area (Å²) in [6, 6.07) is 9.88. The van der Waals surface area contributed by atoms with Crippen LogP contribution in [0.5, 0.6) is 0 Å². The van der Waals surface area contributed by atoms with Crippen LogP contribution < -0.4 is 5.73 Å². The van der Waals surface area contributed by atoms with Gasteiger partial charge in [-0.1, -0.05) is 35.7 Å².